The van der Waals surface area contributed by atoms with E-state index in [1.807, 2.05) is 18.2 Å². The first kappa shape index (κ1) is 12.1. The van der Waals surface area contributed by atoms with Crippen LogP contribution in [0.15, 0.2) is 24.3 Å². The molecule has 4 nitrogen and oxygen atoms in total. The Kier molecular flexibility index (Phi) is 3.76. The van der Waals surface area contributed by atoms with Gasteiger partial charge in [0, 0.05) is 25.7 Å². The van der Waals surface area contributed by atoms with Gasteiger partial charge in [-0.05, 0) is 19.1 Å². The van der Waals surface area contributed by atoms with E-state index >= 15 is 0 Å². The topological polar surface area (TPSA) is 55.6 Å². The smallest absolute Gasteiger partial charge is 0.163 e. The Morgan fingerprint density at radius 3 is 2.82 bits per heavy atom. The van der Waals surface area contributed by atoms with Crippen molar-refractivity contribution in [2.24, 2.45) is 5.73 Å². The molecule has 0 amide bonds. The molecule has 1 fully saturated rings. The Morgan fingerprint density at radius 1 is 1.47 bits per heavy atom. The summed E-state index contributed by atoms with van der Waals surface area (Å²) < 4.78 is 5.64. The second-order valence-corrected chi connectivity index (χ2v) is 4.42. The maximum Gasteiger partial charge on any atom is 0.163 e. The highest BCUT2D eigenvalue weighted by Crippen LogP contribution is 2.18. The maximum atomic E-state index is 11.4. The van der Waals surface area contributed by atoms with Crippen molar-refractivity contribution in [3.63, 3.8) is 0 Å². The third kappa shape index (κ3) is 3.05. The molecule has 0 saturated carbocycles. The quantitative estimate of drug-likeness (QED) is 0.769. The highest BCUT2D eigenvalue weighted by molar-refractivity contribution is 5.96. The van der Waals surface area contributed by atoms with Crippen LogP contribution >= 0.6 is 0 Å². The van der Waals surface area contributed by atoms with Crippen LogP contribution in [0.2, 0.25) is 0 Å². The Labute approximate surface area is 101 Å². The maximum absolute atomic E-state index is 11.4. The van der Waals surface area contributed by atoms with E-state index in [1.165, 1.54) is 0 Å². The van der Waals surface area contributed by atoms with E-state index in [0.29, 0.717) is 24.0 Å². The first-order valence-corrected chi connectivity index (χ1v) is 5.87. The number of carbonyl (C=O) groups excluding carboxylic acids is 1. The standard InChI is InChI=1S/C13H18N2O2/c1-10(16)12-4-2-3-5-13(12)17-7-6-15-8-11(14)9-15/h2-5,11H,6-9,14H2,1H3. The van der Waals surface area contributed by atoms with Crippen molar-refractivity contribution in [3.05, 3.63) is 29.8 Å². The molecule has 1 aliphatic rings. The lowest BCUT2D eigenvalue weighted by atomic mass is 10.1. The van der Waals surface area contributed by atoms with Gasteiger partial charge >= 0.3 is 0 Å². The number of Topliss-reactive ketones (excluding diaryl/α,β-unsaturated/α-hetero) is 1. The van der Waals surface area contributed by atoms with Gasteiger partial charge in [-0.1, -0.05) is 12.1 Å². The molecule has 1 aliphatic heterocycles. The van der Waals surface area contributed by atoms with Crippen LogP contribution in [0, 0.1) is 0 Å². The van der Waals surface area contributed by atoms with Crippen molar-refractivity contribution >= 4 is 5.78 Å². The molecule has 0 unspecified atom stereocenters. The van der Waals surface area contributed by atoms with Crippen LogP contribution in [0.25, 0.3) is 0 Å². The summed E-state index contributed by atoms with van der Waals surface area (Å²) in [5, 5.41) is 0. The minimum absolute atomic E-state index is 0.0339. The summed E-state index contributed by atoms with van der Waals surface area (Å²) in [6, 6.07) is 7.66. The second kappa shape index (κ2) is 5.29. The van der Waals surface area contributed by atoms with Crippen molar-refractivity contribution in [1.82, 2.24) is 4.90 Å². The minimum atomic E-state index is 0.0339. The Morgan fingerprint density at radius 2 is 2.18 bits per heavy atom. The van der Waals surface area contributed by atoms with Crippen molar-refractivity contribution in [2.75, 3.05) is 26.2 Å². The van der Waals surface area contributed by atoms with Crippen molar-refractivity contribution in [1.29, 1.82) is 0 Å². The minimum Gasteiger partial charge on any atom is -0.491 e. The van der Waals surface area contributed by atoms with Crippen LogP contribution in [0.1, 0.15) is 17.3 Å². The first-order valence-electron chi connectivity index (χ1n) is 5.87. The molecule has 1 aromatic carbocycles. The van der Waals surface area contributed by atoms with E-state index in [0.717, 1.165) is 19.6 Å². The molecule has 1 saturated heterocycles. The number of carbonyl (C=O) groups is 1. The zero-order valence-electron chi connectivity index (χ0n) is 10.1. The molecule has 2 rings (SSSR count). The summed E-state index contributed by atoms with van der Waals surface area (Å²) >= 11 is 0. The lowest BCUT2D eigenvalue weighted by Gasteiger charge is -2.36. The van der Waals surface area contributed by atoms with Gasteiger partial charge in [0.05, 0.1) is 5.56 Å². The van der Waals surface area contributed by atoms with E-state index in [1.54, 1.807) is 13.0 Å². The van der Waals surface area contributed by atoms with Crippen LogP contribution in [0.3, 0.4) is 0 Å². The molecule has 17 heavy (non-hydrogen) atoms. The van der Waals surface area contributed by atoms with Gasteiger partial charge in [0.25, 0.3) is 0 Å². The van der Waals surface area contributed by atoms with E-state index in [-0.39, 0.29) is 5.78 Å². The van der Waals surface area contributed by atoms with Gasteiger partial charge in [-0.25, -0.2) is 0 Å². The van der Waals surface area contributed by atoms with Crippen molar-refractivity contribution in [3.8, 4) is 5.75 Å². The zero-order valence-corrected chi connectivity index (χ0v) is 10.1. The lowest BCUT2D eigenvalue weighted by molar-refractivity contribution is 0.100. The van der Waals surface area contributed by atoms with Gasteiger partial charge in [0.2, 0.25) is 0 Å². The van der Waals surface area contributed by atoms with Crippen LogP contribution < -0.4 is 10.5 Å². The summed E-state index contributed by atoms with van der Waals surface area (Å²) in [5.74, 6) is 0.705. The van der Waals surface area contributed by atoms with Gasteiger partial charge in [0.15, 0.2) is 5.78 Å². The average Bonchev–Trinajstić information content (AvgIpc) is 2.27. The number of hydrogen-bond donors (Lipinski definition) is 1. The fourth-order valence-electron chi connectivity index (χ4n) is 1.96. The number of hydrogen-bond acceptors (Lipinski definition) is 4. The third-order valence-electron chi connectivity index (χ3n) is 2.92. The Bertz CT molecular complexity index is 400. The number of nitrogens with zero attached hydrogens (tertiary/aromatic N) is 1. The molecule has 4 heteroatoms. The first-order chi connectivity index (χ1) is 8.16. The number of para-hydroxylation sites is 1. The number of nitrogens with two attached hydrogens (primary N) is 1. The molecule has 1 aromatic rings. The molecular weight excluding hydrogens is 216 g/mol. The number of likely N-dealkylation sites (tertiary alicyclic amines) is 1. The van der Waals surface area contributed by atoms with Crippen LogP contribution in [-0.4, -0.2) is 43.0 Å². The predicted molar refractivity (Wildman–Crippen MR) is 66.4 cm³/mol. The fourth-order valence-corrected chi connectivity index (χ4v) is 1.96. The molecule has 0 aliphatic carbocycles. The van der Waals surface area contributed by atoms with E-state index < -0.39 is 0 Å². The van der Waals surface area contributed by atoms with Crippen molar-refractivity contribution < 1.29 is 9.53 Å². The number of benzene rings is 1. The molecule has 0 radical (unpaired) electrons. The molecule has 1 heterocycles. The highest BCUT2D eigenvalue weighted by atomic mass is 16.5. The van der Waals surface area contributed by atoms with Gasteiger partial charge in [-0.2, -0.15) is 0 Å². The Hall–Kier alpha value is -1.39. The molecule has 0 spiro atoms. The molecule has 92 valence electrons. The van der Waals surface area contributed by atoms with Gasteiger partial charge in [-0.3, -0.25) is 9.69 Å². The number of ether oxygens (including phenoxy) is 1. The second-order valence-electron chi connectivity index (χ2n) is 4.42. The van der Waals surface area contributed by atoms with Crippen LogP contribution in [0.5, 0.6) is 5.75 Å². The molecular formula is C13H18N2O2. The summed E-state index contributed by atoms with van der Waals surface area (Å²) in [6.07, 6.45) is 0. The third-order valence-corrected chi connectivity index (χ3v) is 2.92. The predicted octanol–water partition coefficient (Wildman–Crippen LogP) is 0.911. The molecule has 0 aromatic heterocycles. The SMILES string of the molecule is CC(=O)c1ccccc1OCCN1CC(N)C1. The largest absolute Gasteiger partial charge is 0.491 e. The van der Waals surface area contributed by atoms with E-state index in [4.69, 9.17) is 10.5 Å². The number of ketones is 1. The van der Waals surface area contributed by atoms with Crippen molar-refractivity contribution in [2.45, 2.75) is 13.0 Å². The van der Waals surface area contributed by atoms with E-state index in [9.17, 15) is 4.79 Å². The van der Waals surface area contributed by atoms with Gasteiger partial charge < -0.3 is 10.5 Å². The molecule has 0 atom stereocenters. The van der Waals surface area contributed by atoms with Crippen LogP contribution in [-0.2, 0) is 0 Å². The highest BCUT2D eigenvalue weighted by Gasteiger charge is 2.22. The van der Waals surface area contributed by atoms with Gasteiger partial charge in [-0.15, -0.1) is 0 Å². The fraction of sp³-hybridized carbons (Fsp3) is 0.462. The monoisotopic (exact) mass is 234 g/mol. The van der Waals surface area contributed by atoms with E-state index in [2.05, 4.69) is 4.90 Å². The number of rotatable bonds is 5. The van der Waals surface area contributed by atoms with Crippen LogP contribution in [0.4, 0.5) is 0 Å². The average molecular weight is 234 g/mol. The Balaban J connectivity index is 1.84. The normalized spacial score (nSPS) is 16.6. The molecule has 2 N–H and O–H groups in total. The summed E-state index contributed by atoms with van der Waals surface area (Å²) in [6.45, 7) is 4.89. The lowest BCUT2D eigenvalue weighted by Crippen LogP contribution is -2.56. The summed E-state index contributed by atoms with van der Waals surface area (Å²) in [5.41, 5.74) is 6.33. The van der Waals surface area contributed by atoms with Gasteiger partial charge in [0.1, 0.15) is 12.4 Å². The summed E-state index contributed by atoms with van der Waals surface area (Å²) in [7, 11) is 0. The summed E-state index contributed by atoms with van der Waals surface area (Å²) in [4.78, 5) is 13.6. The zero-order chi connectivity index (χ0) is 12.3. The molecule has 0 bridgehead atoms.